The number of anilines is 1. The summed E-state index contributed by atoms with van der Waals surface area (Å²) in [6, 6.07) is 6.08. The van der Waals surface area contributed by atoms with Crippen LogP contribution in [-0.2, 0) is 27.7 Å². The van der Waals surface area contributed by atoms with Crippen molar-refractivity contribution in [1.82, 2.24) is 9.29 Å². The molecule has 0 unspecified atom stereocenters. The van der Waals surface area contributed by atoms with Crippen LogP contribution in [0.2, 0.25) is 0 Å². The Labute approximate surface area is 154 Å². The zero-order valence-electron chi connectivity index (χ0n) is 14.2. The van der Waals surface area contributed by atoms with Crippen LogP contribution in [0.15, 0.2) is 24.3 Å². The van der Waals surface area contributed by atoms with Gasteiger partial charge in [0.2, 0.25) is 10.0 Å². The first-order chi connectivity index (χ1) is 12.3. The van der Waals surface area contributed by atoms with Gasteiger partial charge in [-0.25, -0.2) is 18.2 Å². The van der Waals surface area contributed by atoms with Gasteiger partial charge in [-0.3, -0.25) is 10.1 Å². The number of carbonyl (C=O) groups is 2. The standard InChI is InChI=1S/C16H17N3O5S2/c1-24-15(21)11-5-3-10(4-6-11)14(20)18-16-17-12-7-8-19(26(2,22)23)9-13(12)25-16/h3-6H,7-9H2,1-2H3,(H,17,18,20). The Morgan fingerprint density at radius 2 is 1.88 bits per heavy atom. The van der Waals surface area contributed by atoms with Crippen molar-refractivity contribution in [2.75, 3.05) is 25.2 Å². The molecule has 0 saturated heterocycles. The summed E-state index contributed by atoms with van der Waals surface area (Å²) in [5.41, 5.74) is 1.55. The Morgan fingerprint density at radius 3 is 2.50 bits per heavy atom. The van der Waals surface area contributed by atoms with E-state index in [0.29, 0.717) is 29.2 Å². The highest BCUT2D eigenvalue weighted by Crippen LogP contribution is 2.29. The van der Waals surface area contributed by atoms with E-state index in [1.54, 1.807) is 0 Å². The minimum atomic E-state index is -3.25. The Balaban J connectivity index is 1.71. The van der Waals surface area contributed by atoms with Crippen molar-refractivity contribution in [2.24, 2.45) is 0 Å². The van der Waals surface area contributed by atoms with Crippen LogP contribution in [-0.4, -0.2) is 49.5 Å². The number of ether oxygens (including phenoxy) is 1. The smallest absolute Gasteiger partial charge is 0.337 e. The fourth-order valence-electron chi connectivity index (χ4n) is 2.55. The largest absolute Gasteiger partial charge is 0.465 e. The highest BCUT2D eigenvalue weighted by molar-refractivity contribution is 7.88. The number of hydrogen-bond donors (Lipinski definition) is 1. The van der Waals surface area contributed by atoms with Gasteiger partial charge in [-0.05, 0) is 24.3 Å². The van der Waals surface area contributed by atoms with Crippen LogP contribution in [0.3, 0.4) is 0 Å². The third-order valence-electron chi connectivity index (χ3n) is 3.95. The molecule has 2 aromatic rings. The summed E-state index contributed by atoms with van der Waals surface area (Å²) in [5.74, 6) is -0.826. The highest BCUT2D eigenvalue weighted by Gasteiger charge is 2.26. The molecule has 8 nitrogen and oxygen atoms in total. The number of esters is 1. The number of aromatic nitrogens is 1. The summed E-state index contributed by atoms with van der Waals surface area (Å²) in [7, 11) is -1.96. The van der Waals surface area contributed by atoms with Crippen LogP contribution in [0.1, 0.15) is 31.3 Å². The maximum absolute atomic E-state index is 12.3. The molecular weight excluding hydrogens is 378 g/mol. The summed E-state index contributed by atoms with van der Waals surface area (Å²) >= 11 is 1.27. The van der Waals surface area contributed by atoms with Crippen LogP contribution in [0, 0.1) is 0 Å². The summed E-state index contributed by atoms with van der Waals surface area (Å²) in [6.45, 7) is 0.660. The Morgan fingerprint density at radius 1 is 1.23 bits per heavy atom. The van der Waals surface area contributed by atoms with E-state index in [2.05, 4.69) is 15.0 Å². The van der Waals surface area contributed by atoms with Gasteiger partial charge in [-0.1, -0.05) is 0 Å². The molecule has 0 aliphatic carbocycles. The molecule has 1 aliphatic heterocycles. The molecule has 0 saturated carbocycles. The van der Waals surface area contributed by atoms with Crippen LogP contribution in [0.25, 0.3) is 0 Å². The number of hydrogen-bond acceptors (Lipinski definition) is 7. The van der Waals surface area contributed by atoms with Crippen LogP contribution in [0.4, 0.5) is 5.13 Å². The van der Waals surface area contributed by atoms with Crippen molar-refractivity contribution in [1.29, 1.82) is 0 Å². The lowest BCUT2D eigenvalue weighted by atomic mass is 10.1. The van der Waals surface area contributed by atoms with Gasteiger partial charge in [0.1, 0.15) is 0 Å². The molecule has 1 aromatic carbocycles. The van der Waals surface area contributed by atoms with Crippen molar-refractivity contribution in [3.05, 3.63) is 46.0 Å². The number of sulfonamides is 1. The zero-order chi connectivity index (χ0) is 18.9. The molecule has 2 heterocycles. The number of carbonyl (C=O) groups excluding carboxylic acids is 2. The number of nitrogens with one attached hydrogen (secondary N) is 1. The topological polar surface area (TPSA) is 106 Å². The maximum atomic E-state index is 12.3. The summed E-state index contributed by atoms with van der Waals surface area (Å²) < 4.78 is 29.4. The Bertz CT molecular complexity index is 951. The molecule has 0 fully saturated rings. The van der Waals surface area contributed by atoms with Crippen molar-refractivity contribution in [3.8, 4) is 0 Å². The van der Waals surface area contributed by atoms with Gasteiger partial charge in [-0.15, -0.1) is 11.3 Å². The number of rotatable bonds is 4. The lowest BCUT2D eigenvalue weighted by Gasteiger charge is -2.23. The fourth-order valence-corrected chi connectivity index (χ4v) is 4.44. The van der Waals surface area contributed by atoms with Crippen molar-refractivity contribution >= 4 is 38.4 Å². The van der Waals surface area contributed by atoms with Crippen molar-refractivity contribution < 1.29 is 22.7 Å². The third-order valence-corrected chi connectivity index (χ3v) is 6.20. The van der Waals surface area contributed by atoms with Crippen molar-refractivity contribution in [3.63, 3.8) is 0 Å². The fraction of sp³-hybridized carbons (Fsp3) is 0.312. The molecule has 1 aliphatic rings. The molecule has 3 rings (SSSR count). The first-order valence-corrected chi connectivity index (χ1v) is 10.4. The summed E-state index contributed by atoms with van der Waals surface area (Å²) in [5, 5.41) is 3.14. The molecule has 1 aromatic heterocycles. The molecule has 26 heavy (non-hydrogen) atoms. The van der Waals surface area contributed by atoms with E-state index in [0.717, 1.165) is 10.6 Å². The van der Waals surface area contributed by atoms with Gasteiger partial charge < -0.3 is 4.74 Å². The van der Waals surface area contributed by atoms with E-state index in [4.69, 9.17) is 0 Å². The first-order valence-electron chi connectivity index (χ1n) is 7.71. The van der Waals surface area contributed by atoms with E-state index >= 15 is 0 Å². The third kappa shape index (κ3) is 3.92. The van der Waals surface area contributed by atoms with Crippen molar-refractivity contribution in [2.45, 2.75) is 13.0 Å². The Kier molecular flexibility index (Phi) is 5.08. The highest BCUT2D eigenvalue weighted by atomic mass is 32.2. The summed E-state index contributed by atoms with van der Waals surface area (Å²) in [6.07, 6.45) is 1.70. The molecule has 0 spiro atoms. The lowest BCUT2D eigenvalue weighted by molar-refractivity contribution is 0.0600. The minimum absolute atomic E-state index is 0.273. The molecule has 0 atom stereocenters. The van der Waals surface area contributed by atoms with E-state index < -0.39 is 16.0 Å². The molecule has 1 amide bonds. The second-order valence-corrected chi connectivity index (χ2v) is 8.82. The molecule has 0 radical (unpaired) electrons. The second kappa shape index (κ2) is 7.14. The first kappa shape index (κ1) is 18.5. The predicted octanol–water partition coefficient (Wildman–Crippen LogP) is 1.50. The number of benzene rings is 1. The molecule has 138 valence electrons. The van der Waals surface area contributed by atoms with E-state index in [9.17, 15) is 18.0 Å². The van der Waals surface area contributed by atoms with Gasteiger partial charge >= 0.3 is 5.97 Å². The molecule has 10 heteroatoms. The monoisotopic (exact) mass is 395 g/mol. The maximum Gasteiger partial charge on any atom is 0.337 e. The summed E-state index contributed by atoms with van der Waals surface area (Å²) in [4.78, 5) is 29.0. The number of nitrogens with zero attached hydrogens (tertiary/aromatic N) is 2. The Hall–Kier alpha value is -2.30. The number of amides is 1. The second-order valence-electron chi connectivity index (χ2n) is 5.76. The van der Waals surface area contributed by atoms with E-state index in [-0.39, 0.29) is 12.5 Å². The van der Waals surface area contributed by atoms with E-state index in [1.165, 1.54) is 53.3 Å². The molecule has 1 N–H and O–H groups in total. The van der Waals surface area contributed by atoms with Gasteiger partial charge in [0.15, 0.2) is 5.13 Å². The number of fused-ring (bicyclic) bond motifs is 1. The quantitative estimate of drug-likeness (QED) is 0.787. The lowest BCUT2D eigenvalue weighted by Crippen LogP contribution is -2.34. The van der Waals surface area contributed by atoms with Crippen LogP contribution >= 0.6 is 11.3 Å². The average molecular weight is 395 g/mol. The minimum Gasteiger partial charge on any atom is -0.465 e. The van der Waals surface area contributed by atoms with Gasteiger partial charge in [0.05, 0.1) is 24.6 Å². The molecule has 0 bridgehead atoms. The van der Waals surface area contributed by atoms with Gasteiger partial charge in [-0.2, -0.15) is 4.31 Å². The van der Waals surface area contributed by atoms with E-state index in [1.807, 2.05) is 0 Å². The number of thiazole rings is 1. The number of methoxy groups -OCH3 is 1. The van der Waals surface area contributed by atoms with Crippen LogP contribution < -0.4 is 5.32 Å². The van der Waals surface area contributed by atoms with Gasteiger partial charge in [0, 0.05) is 30.0 Å². The molecular formula is C16H17N3O5S2. The van der Waals surface area contributed by atoms with Gasteiger partial charge in [0.25, 0.3) is 5.91 Å². The SMILES string of the molecule is COC(=O)c1ccc(C(=O)Nc2nc3c(s2)CN(S(C)(=O)=O)CC3)cc1. The van der Waals surface area contributed by atoms with Crippen LogP contribution in [0.5, 0.6) is 0 Å². The normalized spacial score (nSPS) is 14.5. The average Bonchev–Trinajstić information content (AvgIpc) is 3.01. The predicted molar refractivity (Wildman–Crippen MR) is 96.8 cm³/mol. The zero-order valence-corrected chi connectivity index (χ0v) is 15.8.